The molecule has 3 heterocycles. The highest BCUT2D eigenvalue weighted by molar-refractivity contribution is 7.11. The molecule has 0 bridgehead atoms. The van der Waals surface area contributed by atoms with Gasteiger partial charge < -0.3 is 14.9 Å². The van der Waals surface area contributed by atoms with Crippen molar-refractivity contribution in [2.45, 2.75) is 12.3 Å². The minimum atomic E-state index is -0.278. The highest BCUT2D eigenvalue weighted by atomic mass is 32.1. The summed E-state index contributed by atoms with van der Waals surface area (Å²) in [6.45, 7) is 0. The maximum Gasteiger partial charge on any atom is 0.199 e. The molecule has 4 nitrogen and oxygen atoms in total. The van der Waals surface area contributed by atoms with Crippen LogP contribution >= 0.6 is 11.3 Å². The van der Waals surface area contributed by atoms with Gasteiger partial charge in [0.15, 0.2) is 6.23 Å². The Hall–Kier alpha value is -2.76. The molecule has 0 unspecified atom stereocenters. The third-order valence-electron chi connectivity index (χ3n) is 4.79. The molecule has 0 amide bonds. The van der Waals surface area contributed by atoms with Crippen LogP contribution in [0.3, 0.4) is 0 Å². The first-order chi connectivity index (χ1) is 12.8. The van der Waals surface area contributed by atoms with Crippen LogP contribution in [0.2, 0.25) is 0 Å². The van der Waals surface area contributed by atoms with Gasteiger partial charge in [0, 0.05) is 5.56 Å². The van der Waals surface area contributed by atoms with Crippen molar-refractivity contribution in [1.82, 2.24) is 10.4 Å². The number of hydrogen-bond acceptors (Lipinski definition) is 5. The average Bonchev–Trinajstić information content (AvgIpc) is 3.37. The molecule has 0 radical (unpaired) electrons. The molecule has 2 atom stereocenters. The number of hydrogen-bond donors (Lipinski definition) is 1. The molecular formula is C21H18N2O2S. The first-order valence-corrected chi connectivity index (χ1v) is 9.42. The van der Waals surface area contributed by atoms with E-state index in [4.69, 9.17) is 9.47 Å². The van der Waals surface area contributed by atoms with Gasteiger partial charge in [0.1, 0.15) is 11.5 Å². The Balaban J connectivity index is 1.62. The summed E-state index contributed by atoms with van der Waals surface area (Å²) in [5.74, 6) is 1.73. The number of ether oxygens (including phenoxy) is 2. The number of nitrogens with zero attached hydrogens (tertiary/aromatic N) is 1. The second kappa shape index (κ2) is 6.20. The van der Waals surface area contributed by atoms with Crippen molar-refractivity contribution in [3.63, 3.8) is 0 Å². The molecule has 2 aliphatic heterocycles. The van der Waals surface area contributed by atoms with Crippen LogP contribution in [0.4, 0.5) is 0 Å². The van der Waals surface area contributed by atoms with E-state index in [9.17, 15) is 0 Å². The van der Waals surface area contributed by atoms with Gasteiger partial charge in [-0.3, -0.25) is 0 Å². The summed E-state index contributed by atoms with van der Waals surface area (Å²) in [6.07, 6.45) is 2.00. The summed E-state index contributed by atoms with van der Waals surface area (Å²) in [4.78, 5) is 1.22. The number of hydrazine groups is 1. The van der Waals surface area contributed by atoms with E-state index in [1.807, 2.05) is 30.3 Å². The Labute approximate surface area is 156 Å². The molecule has 1 aromatic heterocycles. The van der Waals surface area contributed by atoms with E-state index in [1.165, 1.54) is 4.88 Å². The van der Waals surface area contributed by atoms with E-state index in [2.05, 4.69) is 52.2 Å². The van der Waals surface area contributed by atoms with Crippen LogP contribution in [-0.4, -0.2) is 12.1 Å². The highest BCUT2D eigenvalue weighted by Crippen LogP contribution is 2.47. The van der Waals surface area contributed by atoms with Gasteiger partial charge in [-0.2, -0.15) is 5.01 Å². The normalized spacial score (nSPS) is 21.2. The van der Waals surface area contributed by atoms with Crippen LogP contribution in [0.25, 0.3) is 5.70 Å². The number of benzene rings is 2. The van der Waals surface area contributed by atoms with Crippen LogP contribution < -0.4 is 14.9 Å². The third-order valence-corrected chi connectivity index (χ3v) is 5.70. The maximum absolute atomic E-state index is 6.39. The predicted octanol–water partition coefficient (Wildman–Crippen LogP) is 4.75. The predicted molar refractivity (Wildman–Crippen MR) is 103 cm³/mol. The van der Waals surface area contributed by atoms with Crippen molar-refractivity contribution in [3.05, 3.63) is 88.1 Å². The molecular weight excluding hydrogens is 344 g/mol. The fourth-order valence-corrected chi connectivity index (χ4v) is 4.29. The van der Waals surface area contributed by atoms with Crippen LogP contribution in [0.5, 0.6) is 11.5 Å². The number of fused-ring (bicyclic) bond motifs is 3. The summed E-state index contributed by atoms with van der Waals surface area (Å²) in [5.41, 5.74) is 6.84. The monoisotopic (exact) mass is 362 g/mol. The van der Waals surface area contributed by atoms with Gasteiger partial charge in [0.25, 0.3) is 0 Å². The van der Waals surface area contributed by atoms with Crippen molar-refractivity contribution in [3.8, 4) is 11.5 Å². The minimum absolute atomic E-state index is 0.104. The van der Waals surface area contributed by atoms with Gasteiger partial charge in [-0.05, 0) is 29.7 Å². The van der Waals surface area contributed by atoms with Crippen molar-refractivity contribution in [1.29, 1.82) is 0 Å². The Bertz CT molecular complexity index is 968. The number of rotatable bonds is 3. The lowest BCUT2D eigenvalue weighted by molar-refractivity contribution is -0.0338. The fraction of sp³-hybridized carbons (Fsp3) is 0.143. The lowest BCUT2D eigenvalue weighted by Gasteiger charge is -2.39. The lowest BCUT2D eigenvalue weighted by atomic mass is 10.0. The van der Waals surface area contributed by atoms with Gasteiger partial charge >= 0.3 is 0 Å². The van der Waals surface area contributed by atoms with Gasteiger partial charge in [0.05, 0.1) is 29.3 Å². The van der Waals surface area contributed by atoms with Crippen LogP contribution in [0, 0.1) is 0 Å². The van der Waals surface area contributed by atoms with E-state index in [0.29, 0.717) is 0 Å². The van der Waals surface area contributed by atoms with Crippen LogP contribution in [-0.2, 0) is 0 Å². The number of para-hydroxylation sites is 2. The molecule has 0 saturated heterocycles. The second-order valence-electron chi connectivity index (χ2n) is 6.27. The third kappa shape index (κ3) is 2.40. The number of methoxy groups -OCH3 is 1. The van der Waals surface area contributed by atoms with Crippen molar-refractivity contribution in [2.75, 3.05) is 7.11 Å². The summed E-state index contributed by atoms with van der Waals surface area (Å²) in [6, 6.07) is 20.6. The van der Waals surface area contributed by atoms with E-state index in [-0.39, 0.29) is 12.3 Å². The second-order valence-corrected chi connectivity index (χ2v) is 7.22. The van der Waals surface area contributed by atoms with E-state index < -0.39 is 0 Å². The SMILES string of the molecule is COc1ccccc1[C@@H]1Oc2ccccc2[C@H]2C=C(c3cccs3)NN21. The van der Waals surface area contributed by atoms with E-state index in [0.717, 1.165) is 28.3 Å². The summed E-state index contributed by atoms with van der Waals surface area (Å²) >= 11 is 1.73. The Morgan fingerprint density at radius 2 is 1.81 bits per heavy atom. The molecule has 0 spiro atoms. The smallest absolute Gasteiger partial charge is 0.199 e. The number of nitrogens with one attached hydrogen (secondary N) is 1. The standard InChI is InChI=1S/C21H18N2O2S/c1-24-18-9-4-3-8-15(18)21-23-17(14-7-2-5-10-19(14)25-21)13-16(22-23)20-11-6-12-26-20/h2-13,17,21-22H,1H3/t17-,21+/m1/s1. The van der Waals surface area contributed by atoms with Gasteiger partial charge in [-0.25, -0.2) is 0 Å². The van der Waals surface area contributed by atoms with Gasteiger partial charge in [-0.15, -0.1) is 11.3 Å². The van der Waals surface area contributed by atoms with E-state index >= 15 is 0 Å². The molecule has 5 rings (SSSR count). The Kier molecular flexibility index (Phi) is 3.69. The average molecular weight is 362 g/mol. The van der Waals surface area contributed by atoms with Crippen molar-refractivity contribution < 1.29 is 9.47 Å². The summed E-state index contributed by atoms with van der Waals surface area (Å²) in [5, 5.41) is 4.26. The molecule has 3 aromatic rings. The van der Waals surface area contributed by atoms with Crippen molar-refractivity contribution >= 4 is 17.0 Å². The molecule has 2 aromatic carbocycles. The van der Waals surface area contributed by atoms with Gasteiger partial charge in [0.2, 0.25) is 0 Å². The summed E-state index contributed by atoms with van der Waals surface area (Å²) in [7, 11) is 1.69. The van der Waals surface area contributed by atoms with E-state index in [1.54, 1.807) is 18.4 Å². The van der Waals surface area contributed by atoms with Crippen LogP contribution in [0.1, 0.15) is 28.3 Å². The highest BCUT2D eigenvalue weighted by Gasteiger charge is 2.41. The zero-order valence-electron chi connectivity index (χ0n) is 14.3. The molecule has 0 aliphatic carbocycles. The minimum Gasteiger partial charge on any atom is -0.496 e. The van der Waals surface area contributed by atoms with Gasteiger partial charge in [-0.1, -0.05) is 42.5 Å². The largest absolute Gasteiger partial charge is 0.496 e. The quantitative estimate of drug-likeness (QED) is 0.729. The van der Waals surface area contributed by atoms with Crippen LogP contribution in [0.15, 0.2) is 72.1 Å². The topological polar surface area (TPSA) is 33.7 Å². The number of thiophene rings is 1. The van der Waals surface area contributed by atoms with Crippen molar-refractivity contribution in [2.24, 2.45) is 0 Å². The first kappa shape index (κ1) is 15.5. The lowest BCUT2D eigenvalue weighted by Crippen LogP contribution is -2.43. The first-order valence-electron chi connectivity index (χ1n) is 8.54. The maximum atomic E-state index is 6.39. The fourth-order valence-electron chi connectivity index (χ4n) is 3.59. The zero-order valence-corrected chi connectivity index (χ0v) is 15.1. The Morgan fingerprint density at radius 1 is 1.00 bits per heavy atom. The molecule has 130 valence electrons. The molecule has 2 aliphatic rings. The zero-order chi connectivity index (χ0) is 17.5. The molecule has 5 heteroatoms. The summed E-state index contributed by atoms with van der Waals surface area (Å²) < 4.78 is 12.0. The Morgan fingerprint density at radius 3 is 2.62 bits per heavy atom. The molecule has 26 heavy (non-hydrogen) atoms. The molecule has 0 fully saturated rings. The molecule has 0 saturated carbocycles. The molecule has 1 N–H and O–H groups in total.